The van der Waals surface area contributed by atoms with Crippen molar-refractivity contribution in [2.75, 3.05) is 0 Å². The van der Waals surface area contributed by atoms with Gasteiger partial charge in [-0.15, -0.1) is 0 Å². The molecular weight excluding hydrogens is 283 g/mol. The molecule has 14 heavy (non-hydrogen) atoms. The quantitative estimate of drug-likeness (QED) is 0.460. The molecule has 0 fully saturated rings. The second-order valence-corrected chi connectivity index (χ2v) is 5.49. The minimum atomic E-state index is 0.949. The minimum Gasteiger partial charge on any atom is -0.0885 e. The summed E-state index contributed by atoms with van der Waals surface area (Å²) in [6.07, 6.45) is 17.6. The Kier molecular flexibility index (Phi) is 6.24. The molecule has 0 saturated heterocycles. The predicted octanol–water partition coefficient (Wildman–Crippen LogP) is 0.868. The molecule has 2 aliphatic carbocycles. The highest BCUT2D eigenvalue weighted by Crippen LogP contribution is 2.15. The summed E-state index contributed by atoms with van der Waals surface area (Å²) in [6.45, 7) is 2.31. The second kappa shape index (κ2) is 7.27. The SMILES string of the molecule is CC1CC=CCC1.[IH+]C1=CC=CCC1. The van der Waals surface area contributed by atoms with Crippen LogP contribution in [0, 0.1) is 5.92 Å². The molecule has 1 unspecified atom stereocenters. The van der Waals surface area contributed by atoms with Crippen LogP contribution < -0.4 is 22.6 Å². The largest absolute Gasteiger partial charge is 0.291 e. The van der Waals surface area contributed by atoms with Gasteiger partial charge in [-0.1, -0.05) is 31.2 Å². The fourth-order valence-corrected chi connectivity index (χ4v) is 2.09. The van der Waals surface area contributed by atoms with E-state index in [1.54, 1.807) is 0 Å². The van der Waals surface area contributed by atoms with E-state index in [4.69, 9.17) is 0 Å². The predicted molar refractivity (Wildman–Crippen MR) is 60.0 cm³/mol. The van der Waals surface area contributed by atoms with Crippen LogP contribution in [0.5, 0.6) is 0 Å². The third kappa shape index (κ3) is 5.63. The van der Waals surface area contributed by atoms with Crippen molar-refractivity contribution in [3.8, 4) is 0 Å². The van der Waals surface area contributed by atoms with Crippen molar-refractivity contribution >= 4 is 0 Å². The van der Waals surface area contributed by atoms with Crippen molar-refractivity contribution < 1.29 is 22.6 Å². The fourth-order valence-electron chi connectivity index (χ4n) is 1.53. The minimum absolute atomic E-state index is 0.949. The smallest absolute Gasteiger partial charge is 0.0885 e. The van der Waals surface area contributed by atoms with Gasteiger partial charge in [0.25, 0.3) is 22.6 Å². The van der Waals surface area contributed by atoms with Gasteiger partial charge in [0.1, 0.15) is 0 Å². The molecule has 0 saturated carbocycles. The molecule has 78 valence electrons. The van der Waals surface area contributed by atoms with Gasteiger partial charge in [-0.2, -0.15) is 0 Å². The van der Waals surface area contributed by atoms with Gasteiger partial charge in [-0.3, -0.25) is 0 Å². The number of rotatable bonds is 0. The molecule has 2 rings (SSSR count). The van der Waals surface area contributed by atoms with Gasteiger partial charge in [0, 0.05) is 6.42 Å². The van der Waals surface area contributed by atoms with Crippen molar-refractivity contribution in [2.45, 2.75) is 39.0 Å². The van der Waals surface area contributed by atoms with Crippen molar-refractivity contribution in [1.29, 1.82) is 0 Å². The normalized spacial score (nSPS) is 25.0. The molecule has 2 aliphatic rings. The van der Waals surface area contributed by atoms with Crippen molar-refractivity contribution in [1.82, 2.24) is 0 Å². The van der Waals surface area contributed by atoms with Gasteiger partial charge >= 0.3 is 0 Å². The lowest BCUT2D eigenvalue weighted by molar-refractivity contribution is -0.306. The summed E-state index contributed by atoms with van der Waals surface area (Å²) >= 11 is 2.10. The van der Waals surface area contributed by atoms with Crippen LogP contribution in [0.15, 0.2) is 34.0 Å². The van der Waals surface area contributed by atoms with Crippen molar-refractivity contribution in [3.63, 3.8) is 0 Å². The number of halogens is 1. The maximum atomic E-state index is 2.31. The molecule has 0 heterocycles. The molecule has 0 aromatic heterocycles. The van der Waals surface area contributed by atoms with E-state index < -0.39 is 0 Å². The molecule has 0 aliphatic heterocycles. The van der Waals surface area contributed by atoms with Gasteiger partial charge in [-0.25, -0.2) is 0 Å². The summed E-state index contributed by atoms with van der Waals surface area (Å²) < 4.78 is 1.51. The van der Waals surface area contributed by atoms with Crippen molar-refractivity contribution in [3.05, 3.63) is 34.0 Å². The number of hydrogen-bond donors (Lipinski definition) is 0. The van der Waals surface area contributed by atoms with Crippen LogP contribution in [0.25, 0.3) is 0 Å². The van der Waals surface area contributed by atoms with Gasteiger partial charge in [-0.05, 0) is 37.7 Å². The highest BCUT2D eigenvalue weighted by molar-refractivity contribution is 5.10. The molecule has 0 N–H and O–H groups in total. The zero-order valence-electron chi connectivity index (χ0n) is 8.91. The molecule has 1 heteroatoms. The Bertz CT molecular complexity index is 236. The Morgan fingerprint density at radius 1 is 1.21 bits per heavy atom. The molecule has 0 spiro atoms. The molecule has 0 nitrogen and oxygen atoms in total. The Morgan fingerprint density at radius 2 is 2.07 bits per heavy atom. The Morgan fingerprint density at radius 3 is 2.36 bits per heavy atom. The first-order valence-corrected chi connectivity index (χ1v) is 6.63. The summed E-state index contributed by atoms with van der Waals surface area (Å²) in [6, 6.07) is 0. The van der Waals surface area contributed by atoms with E-state index in [-0.39, 0.29) is 0 Å². The van der Waals surface area contributed by atoms with E-state index in [1.807, 2.05) is 0 Å². The molecule has 0 bridgehead atoms. The Labute approximate surface area is 101 Å². The third-order valence-corrected chi connectivity index (χ3v) is 3.48. The Hall–Kier alpha value is -0.0500. The fraction of sp³-hybridized carbons (Fsp3) is 0.538. The van der Waals surface area contributed by atoms with E-state index in [0.717, 1.165) is 5.92 Å². The van der Waals surface area contributed by atoms with Crippen LogP contribution in [0.3, 0.4) is 0 Å². The topological polar surface area (TPSA) is 0 Å². The van der Waals surface area contributed by atoms with E-state index in [1.165, 1.54) is 35.7 Å². The van der Waals surface area contributed by atoms with Crippen LogP contribution in [-0.4, -0.2) is 0 Å². The Balaban J connectivity index is 0.000000140. The average molecular weight is 303 g/mol. The first-order chi connectivity index (χ1) is 6.79. The first-order valence-electron chi connectivity index (χ1n) is 5.46. The number of hydrogen-bond acceptors (Lipinski definition) is 0. The molecule has 0 radical (unpaired) electrons. The van der Waals surface area contributed by atoms with Crippen LogP contribution >= 0.6 is 0 Å². The van der Waals surface area contributed by atoms with Gasteiger partial charge in [0.2, 0.25) is 0 Å². The number of allylic oxidation sites excluding steroid dienone is 6. The van der Waals surface area contributed by atoms with E-state index in [2.05, 4.69) is 59.9 Å². The van der Waals surface area contributed by atoms with E-state index in [9.17, 15) is 0 Å². The first kappa shape index (κ1) is 12.0. The van der Waals surface area contributed by atoms with E-state index in [0.29, 0.717) is 0 Å². The molecular formula is C13H20I+. The van der Waals surface area contributed by atoms with Gasteiger partial charge in [0.15, 0.2) is 3.58 Å². The lowest BCUT2D eigenvalue weighted by Crippen LogP contribution is -3.33. The lowest BCUT2D eigenvalue weighted by Gasteiger charge is -2.09. The van der Waals surface area contributed by atoms with Crippen LogP contribution in [0.1, 0.15) is 39.0 Å². The summed E-state index contributed by atoms with van der Waals surface area (Å²) in [5, 5.41) is 0. The maximum Gasteiger partial charge on any atom is 0.291 e. The average Bonchev–Trinajstić information content (AvgIpc) is 2.21. The molecule has 0 aromatic carbocycles. The molecule has 0 aromatic rings. The lowest BCUT2D eigenvalue weighted by atomic mass is 9.97. The van der Waals surface area contributed by atoms with Crippen LogP contribution in [-0.2, 0) is 0 Å². The van der Waals surface area contributed by atoms with E-state index >= 15 is 0 Å². The highest BCUT2D eigenvalue weighted by atomic mass is 127. The summed E-state index contributed by atoms with van der Waals surface area (Å²) in [5.74, 6) is 0.949. The molecule has 0 amide bonds. The second-order valence-electron chi connectivity index (χ2n) is 3.99. The molecule has 1 atom stereocenters. The van der Waals surface area contributed by atoms with Gasteiger partial charge < -0.3 is 0 Å². The summed E-state index contributed by atoms with van der Waals surface area (Å²) in [7, 11) is 0. The van der Waals surface area contributed by atoms with Gasteiger partial charge in [0.05, 0.1) is 0 Å². The van der Waals surface area contributed by atoms with Crippen LogP contribution in [0.4, 0.5) is 0 Å². The highest BCUT2D eigenvalue weighted by Gasteiger charge is 2.00. The standard InChI is InChI=1S/C7H12.C6H8I/c1-7-5-3-2-4-6-7;7-6-4-2-1-3-5-6/h2-3,7H,4-6H2,1H3;1-2,4,7H,3,5H2/q;+1. The third-order valence-electron chi connectivity index (χ3n) is 2.51. The van der Waals surface area contributed by atoms with Crippen LogP contribution in [0.2, 0.25) is 0 Å². The summed E-state index contributed by atoms with van der Waals surface area (Å²) in [4.78, 5) is 0. The summed E-state index contributed by atoms with van der Waals surface area (Å²) in [5.41, 5.74) is 0. The van der Waals surface area contributed by atoms with Crippen molar-refractivity contribution in [2.24, 2.45) is 5.92 Å². The monoisotopic (exact) mass is 303 g/mol. The zero-order valence-corrected chi connectivity index (χ0v) is 11.2. The zero-order chi connectivity index (χ0) is 10.2. The maximum absolute atomic E-state index is 2.31.